The van der Waals surface area contributed by atoms with Crippen LogP contribution < -0.4 is 4.74 Å². The van der Waals surface area contributed by atoms with E-state index in [2.05, 4.69) is 11.9 Å². The molecule has 5 nitrogen and oxygen atoms in total. The number of carbonyl (C=O) groups is 1. The molecule has 0 radical (unpaired) electrons. The summed E-state index contributed by atoms with van der Waals surface area (Å²) in [6.45, 7) is 4.38. The third-order valence-corrected chi connectivity index (χ3v) is 4.47. The quantitative estimate of drug-likeness (QED) is 0.845. The number of morpholine rings is 1. The minimum atomic E-state index is 0.0332. The summed E-state index contributed by atoms with van der Waals surface area (Å²) >= 11 is 1.54. The Labute approximate surface area is 139 Å². The number of rotatable bonds is 5. The SMILES string of the molecule is CC[C@@H]1CN(C(=O)c2cccc(OCc3cscn3)c2)CCO1. The summed E-state index contributed by atoms with van der Waals surface area (Å²) < 4.78 is 11.3. The molecule has 0 saturated carbocycles. The number of nitrogens with zero attached hydrogens (tertiary/aromatic N) is 2. The molecule has 0 unspecified atom stereocenters. The lowest BCUT2D eigenvalue weighted by Crippen LogP contribution is -2.45. The second-order valence-corrected chi connectivity index (χ2v) is 6.17. The van der Waals surface area contributed by atoms with Gasteiger partial charge in [-0.1, -0.05) is 13.0 Å². The fraction of sp³-hybridized carbons (Fsp3) is 0.412. The van der Waals surface area contributed by atoms with Crippen LogP contribution in [0.4, 0.5) is 0 Å². The van der Waals surface area contributed by atoms with Gasteiger partial charge in [0.05, 0.1) is 23.9 Å². The smallest absolute Gasteiger partial charge is 0.254 e. The van der Waals surface area contributed by atoms with Crippen molar-refractivity contribution in [2.45, 2.75) is 26.1 Å². The molecule has 1 aromatic carbocycles. The van der Waals surface area contributed by atoms with E-state index in [1.807, 2.05) is 28.5 Å². The van der Waals surface area contributed by atoms with Crippen LogP contribution in [0.15, 0.2) is 35.2 Å². The van der Waals surface area contributed by atoms with Crippen LogP contribution in [-0.4, -0.2) is 41.6 Å². The van der Waals surface area contributed by atoms with Gasteiger partial charge >= 0.3 is 0 Å². The van der Waals surface area contributed by atoms with Crippen molar-refractivity contribution < 1.29 is 14.3 Å². The minimum absolute atomic E-state index is 0.0332. The molecule has 1 aliphatic heterocycles. The largest absolute Gasteiger partial charge is 0.487 e. The molecular weight excluding hydrogens is 312 g/mol. The van der Waals surface area contributed by atoms with Crippen molar-refractivity contribution in [3.63, 3.8) is 0 Å². The highest BCUT2D eigenvalue weighted by Gasteiger charge is 2.24. The number of hydrogen-bond acceptors (Lipinski definition) is 5. The maximum absolute atomic E-state index is 12.7. The van der Waals surface area contributed by atoms with E-state index >= 15 is 0 Å². The van der Waals surface area contributed by atoms with Gasteiger partial charge in [-0.3, -0.25) is 4.79 Å². The van der Waals surface area contributed by atoms with E-state index in [4.69, 9.17) is 9.47 Å². The van der Waals surface area contributed by atoms with Gasteiger partial charge in [-0.25, -0.2) is 4.98 Å². The van der Waals surface area contributed by atoms with Gasteiger partial charge in [0.15, 0.2) is 0 Å². The molecular formula is C17H20N2O3S. The standard InChI is InChI=1S/C17H20N2O3S/c1-2-15-9-19(6-7-21-15)17(20)13-4-3-5-16(8-13)22-10-14-11-23-12-18-14/h3-5,8,11-12,15H,2,6-7,9-10H2,1H3/t15-/m1/s1. The van der Waals surface area contributed by atoms with Crippen LogP contribution in [0.25, 0.3) is 0 Å². The lowest BCUT2D eigenvalue weighted by atomic mass is 10.1. The van der Waals surface area contributed by atoms with Crippen molar-refractivity contribution in [3.05, 3.63) is 46.4 Å². The summed E-state index contributed by atoms with van der Waals surface area (Å²) in [6, 6.07) is 7.33. The van der Waals surface area contributed by atoms with Crippen molar-refractivity contribution in [1.29, 1.82) is 0 Å². The first-order valence-corrected chi connectivity index (χ1v) is 8.71. The first-order valence-electron chi connectivity index (χ1n) is 7.77. The Morgan fingerprint density at radius 3 is 3.22 bits per heavy atom. The third-order valence-electron chi connectivity index (χ3n) is 3.83. The predicted octanol–water partition coefficient (Wildman–Crippen LogP) is 2.97. The highest BCUT2D eigenvalue weighted by molar-refractivity contribution is 7.07. The second kappa shape index (κ2) is 7.57. The molecule has 1 aliphatic rings. The Bertz CT molecular complexity index is 645. The molecule has 1 atom stereocenters. The number of ether oxygens (including phenoxy) is 2. The van der Waals surface area contributed by atoms with Gasteiger partial charge in [0, 0.05) is 24.0 Å². The maximum Gasteiger partial charge on any atom is 0.254 e. The summed E-state index contributed by atoms with van der Waals surface area (Å²) in [7, 11) is 0. The monoisotopic (exact) mass is 332 g/mol. The molecule has 3 rings (SSSR count). The minimum Gasteiger partial charge on any atom is -0.487 e. The Morgan fingerprint density at radius 2 is 2.43 bits per heavy atom. The van der Waals surface area contributed by atoms with Crippen LogP contribution in [0.1, 0.15) is 29.4 Å². The average molecular weight is 332 g/mol. The van der Waals surface area contributed by atoms with Crippen LogP contribution in [0.2, 0.25) is 0 Å². The van der Waals surface area contributed by atoms with E-state index in [1.165, 1.54) is 0 Å². The first-order chi connectivity index (χ1) is 11.3. The van der Waals surface area contributed by atoms with Crippen molar-refractivity contribution in [3.8, 4) is 5.75 Å². The molecule has 23 heavy (non-hydrogen) atoms. The van der Waals surface area contributed by atoms with E-state index in [-0.39, 0.29) is 12.0 Å². The summed E-state index contributed by atoms with van der Waals surface area (Å²) in [4.78, 5) is 18.7. The molecule has 1 amide bonds. The van der Waals surface area contributed by atoms with E-state index in [0.29, 0.717) is 37.6 Å². The van der Waals surface area contributed by atoms with Crippen molar-refractivity contribution in [2.24, 2.45) is 0 Å². The fourth-order valence-corrected chi connectivity index (χ4v) is 3.06. The number of thiazole rings is 1. The van der Waals surface area contributed by atoms with Crippen LogP contribution in [0, 0.1) is 0 Å². The number of carbonyl (C=O) groups excluding carboxylic acids is 1. The van der Waals surface area contributed by atoms with Gasteiger partial charge in [-0.05, 0) is 24.6 Å². The van der Waals surface area contributed by atoms with Crippen LogP contribution in [-0.2, 0) is 11.3 Å². The molecule has 0 N–H and O–H groups in total. The number of hydrogen-bond donors (Lipinski definition) is 0. The number of aromatic nitrogens is 1. The zero-order valence-corrected chi connectivity index (χ0v) is 13.9. The molecule has 1 aromatic heterocycles. The highest BCUT2D eigenvalue weighted by atomic mass is 32.1. The van der Waals surface area contributed by atoms with Crippen molar-refractivity contribution in [2.75, 3.05) is 19.7 Å². The fourth-order valence-electron chi connectivity index (χ4n) is 2.52. The van der Waals surface area contributed by atoms with Gasteiger partial charge < -0.3 is 14.4 Å². The molecule has 1 fully saturated rings. The van der Waals surface area contributed by atoms with E-state index < -0.39 is 0 Å². The zero-order chi connectivity index (χ0) is 16.1. The average Bonchev–Trinajstić information content (AvgIpc) is 3.13. The van der Waals surface area contributed by atoms with Crippen molar-refractivity contribution in [1.82, 2.24) is 9.88 Å². The Kier molecular flexibility index (Phi) is 5.25. The lowest BCUT2D eigenvalue weighted by Gasteiger charge is -2.32. The molecule has 122 valence electrons. The summed E-state index contributed by atoms with van der Waals surface area (Å²) in [6.07, 6.45) is 1.05. The molecule has 6 heteroatoms. The Balaban J connectivity index is 1.65. The van der Waals surface area contributed by atoms with Gasteiger partial charge in [-0.15, -0.1) is 11.3 Å². The predicted molar refractivity (Wildman–Crippen MR) is 88.8 cm³/mol. The molecule has 0 spiro atoms. The molecule has 2 aromatic rings. The van der Waals surface area contributed by atoms with Gasteiger partial charge in [0.1, 0.15) is 12.4 Å². The van der Waals surface area contributed by atoms with Gasteiger partial charge in [-0.2, -0.15) is 0 Å². The summed E-state index contributed by atoms with van der Waals surface area (Å²) in [5, 5.41) is 1.95. The van der Waals surface area contributed by atoms with Crippen molar-refractivity contribution >= 4 is 17.2 Å². The van der Waals surface area contributed by atoms with E-state index in [0.717, 1.165) is 12.1 Å². The van der Waals surface area contributed by atoms with Crippen LogP contribution >= 0.6 is 11.3 Å². The number of amides is 1. The topological polar surface area (TPSA) is 51.7 Å². The molecule has 1 saturated heterocycles. The summed E-state index contributed by atoms with van der Waals surface area (Å²) in [5.74, 6) is 0.718. The van der Waals surface area contributed by atoms with E-state index in [1.54, 1.807) is 22.9 Å². The lowest BCUT2D eigenvalue weighted by molar-refractivity contribution is -0.0226. The van der Waals surface area contributed by atoms with Crippen LogP contribution in [0.3, 0.4) is 0 Å². The summed E-state index contributed by atoms with van der Waals surface area (Å²) in [5.41, 5.74) is 3.32. The number of benzene rings is 1. The highest BCUT2D eigenvalue weighted by Crippen LogP contribution is 2.18. The van der Waals surface area contributed by atoms with Crippen LogP contribution in [0.5, 0.6) is 5.75 Å². The normalized spacial score (nSPS) is 18.0. The zero-order valence-electron chi connectivity index (χ0n) is 13.1. The molecule has 0 bridgehead atoms. The van der Waals surface area contributed by atoms with Gasteiger partial charge in [0.2, 0.25) is 0 Å². The molecule has 0 aliphatic carbocycles. The van der Waals surface area contributed by atoms with E-state index in [9.17, 15) is 4.79 Å². The third kappa shape index (κ3) is 4.09. The van der Waals surface area contributed by atoms with Gasteiger partial charge in [0.25, 0.3) is 5.91 Å². The maximum atomic E-state index is 12.7. The molecule has 2 heterocycles. The first kappa shape index (κ1) is 16.0. The second-order valence-electron chi connectivity index (χ2n) is 5.45. The Morgan fingerprint density at radius 1 is 1.52 bits per heavy atom. The Hall–Kier alpha value is -1.92.